The Kier molecular flexibility index (Phi) is 15.5. The van der Waals surface area contributed by atoms with Gasteiger partial charge in [-0.3, -0.25) is 15.0 Å². The lowest BCUT2D eigenvalue weighted by atomic mass is 10.2. The number of benzene rings is 4. The predicted octanol–water partition coefficient (Wildman–Crippen LogP) is 6.24. The van der Waals surface area contributed by atoms with E-state index in [-0.39, 0.29) is 17.4 Å². The molecule has 6 rings (SSSR count). The number of H-pyrrole nitrogens is 2. The summed E-state index contributed by atoms with van der Waals surface area (Å²) in [5.74, 6) is -0.914. The molecule has 0 unspecified atom stereocenters. The quantitative estimate of drug-likeness (QED) is 0.0726. The number of sulfone groups is 2. The number of anilines is 2. The van der Waals surface area contributed by atoms with Gasteiger partial charge in [0.2, 0.25) is 0 Å². The summed E-state index contributed by atoms with van der Waals surface area (Å²) in [6.45, 7) is 1.01. The van der Waals surface area contributed by atoms with E-state index in [1.54, 1.807) is 11.0 Å². The van der Waals surface area contributed by atoms with Crippen LogP contribution in [0.15, 0.2) is 121 Å². The maximum atomic E-state index is 12.8. The van der Waals surface area contributed by atoms with Crippen molar-refractivity contribution in [3.8, 4) is 0 Å². The van der Waals surface area contributed by atoms with Crippen LogP contribution in [0.5, 0.6) is 0 Å². The molecule has 0 fully saturated rings. The van der Waals surface area contributed by atoms with Crippen molar-refractivity contribution >= 4 is 76.9 Å². The normalized spacial score (nSPS) is 11.5. The monoisotopic (exact) mass is 784 g/mol. The largest absolute Gasteiger partial charge is 0.478 e. The Bertz CT molecular complexity index is 2430. The number of aromatic amines is 2. The van der Waals surface area contributed by atoms with Crippen molar-refractivity contribution in [1.82, 2.24) is 20.4 Å². The van der Waals surface area contributed by atoms with Crippen LogP contribution >= 0.6 is 0 Å². The van der Waals surface area contributed by atoms with Gasteiger partial charge in [0, 0.05) is 59.9 Å². The maximum Gasteiger partial charge on any atom is 0.328 e. The Hall–Kier alpha value is -6.06. The third kappa shape index (κ3) is 14.7. The molecule has 15 heteroatoms. The molecule has 0 saturated heterocycles. The fourth-order valence-corrected chi connectivity index (χ4v) is 6.52. The molecule has 2 aromatic heterocycles. The number of hydrogen-bond acceptors (Lipinski definition) is 9. The van der Waals surface area contributed by atoms with E-state index in [0.29, 0.717) is 37.3 Å². The first-order valence-electron chi connectivity index (χ1n) is 17.3. The molecule has 0 saturated carbocycles. The maximum absolute atomic E-state index is 12.8. The van der Waals surface area contributed by atoms with Gasteiger partial charge in [-0.2, -0.15) is 10.2 Å². The van der Waals surface area contributed by atoms with Crippen molar-refractivity contribution in [3.05, 3.63) is 133 Å². The number of carboxylic acids is 1. The average Bonchev–Trinajstić information content (AvgIpc) is 3.78. The molecule has 0 aliphatic carbocycles. The van der Waals surface area contributed by atoms with Crippen LogP contribution in [-0.2, 0) is 29.3 Å². The number of fused-ring (bicyclic) bond motifs is 2. The van der Waals surface area contributed by atoms with E-state index >= 15 is 0 Å². The summed E-state index contributed by atoms with van der Waals surface area (Å²) in [5.41, 5.74) is 4.88. The zero-order valence-electron chi connectivity index (χ0n) is 30.5. The number of nitrogens with one attached hydrogen (secondary N) is 3. The lowest BCUT2D eigenvalue weighted by molar-refractivity contribution is -0.131. The van der Waals surface area contributed by atoms with Gasteiger partial charge in [0.05, 0.1) is 33.9 Å². The number of aliphatic carboxylic acids is 1. The van der Waals surface area contributed by atoms with Crippen molar-refractivity contribution in [2.75, 3.05) is 47.3 Å². The Morgan fingerprint density at radius 3 is 1.67 bits per heavy atom. The molecule has 1 amide bonds. The first kappa shape index (κ1) is 41.7. The summed E-state index contributed by atoms with van der Waals surface area (Å²) in [6.07, 6.45) is 9.17. The van der Waals surface area contributed by atoms with Gasteiger partial charge in [0.15, 0.2) is 0 Å². The van der Waals surface area contributed by atoms with Gasteiger partial charge in [-0.15, -0.1) is 0 Å². The fraction of sp³-hybridized carbons (Fsp3) is 0.200. The van der Waals surface area contributed by atoms with Crippen molar-refractivity contribution in [2.24, 2.45) is 0 Å². The van der Waals surface area contributed by atoms with Crippen LogP contribution in [0.25, 0.3) is 34.0 Å². The van der Waals surface area contributed by atoms with Crippen LogP contribution in [0, 0.1) is 0 Å². The number of aromatic nitrogens is 4. The summed E-state index contributed by atoms with van der Waals surface area (Å²) in [7, 11) is -5.89. The van der Waals surface area contributed by atoms with Gasteiger partial charge < -0.3 is 15.3 Å². The minimum atomic E-state index is -3.07. The van der Waals surface area contributed by atoms with Gasteiger partial charge in [-0.1, -0.05) is 72.8 Å². The number of amides is 1. The number of rotatable bonds is 14. The second-order valence-corrected chi connectivity index (χ2v) is 16.9. The van der Waals surface area contributed by atoms with Crippen LogP contribution in [0.4, 0.5) is 11.4 Å². The molecular weight excluding hydrogens is 741 g/mol. The van der Waals surface area contributed by atoms with E-state index in [1.165, 1.54) is 24.7 Å². The van der Waals surface area contributed by atoms with Crippen molar-refractivity contribution in [1.29, 1.82) is 0 Å². The summed E-state index contributed by atoms with van der Waals surface area (Å²) in [5, 5.41) is 27.4. The Morgan fingerprint density at radius 2 is 1.15 bits per heavy atom. The molecule has 0 spiro atoms. The Balaban J connectivity index is 0.000000202. The minimum absolute atomic E-state index is 0.0390. The molecule has 288 valence electrons. The minimum Gasteiger partial charge on any atom is -0.478 e. The zero-order valence-corrected chi connectivity index (χ0v) is 32.1. The first-order valence-corrected chi connectivity index (χ1v) is 21.4. The van der Waals surface area contributed by atoms with Gasteiger partial charge in [-0.05, 0) is 61.4 Å². The van der Waals surface area contributed by atoms with E-state index in [4.69, 9.17) is 5.11 Å². The van der Waals surface area contributed by atoms with E-state index < -0.39 is 25.6 Å². The highest BCUT2D eigenvalue weighted by Gasteiger charge is 2.15. The van der Waals surface area contributed by atoms with Gasteiger partial charge in [-0.25, -0.2) is 21.6 Å². The number of para-hydroxylation sites is 4. The molecule has 0 radical (unpaired) electrons. The molecule has 0 bridgehead atoms. The highest BCUT2D eigenvalue weighted by atomic mass is 32.2. The second-order valence-electron chi connectivity index (χ2n) is 12.4. The van der Waals surface area contributed by atoms with Crippen molar-refractivity contribution in [2.45, 2.75) is 12.8 Å². The number of carbonyl (C=O) groups is 2. The Labute approximate surface area is 320 Å². The molecule has 13 nitrogen and oxygen atoms in total. The first-order chi connectivity index (χ1) is 26.3. The zero-order chi connectivity index (χ0) is 39.7. The fourth-order valence-electron chi connectivity index (χ4n) is 5.20. The lowest BCUT2D eigenvalue weighted by Crippen LogP contribution is -2.31. The number of hydrogen-bond donors (Lipinski definition) is 4. The van der Waals surface area contributed by atoms with Crippen molar-refractivity contribution < 1.29 is 31.5 Å². The smallest absolute Gasteiger partial charge is 0.328 e. The van der Waals surface area contributed by atoms with Gasteiger partial charge in [0.1, 0.15) is 19.7 Å². The van der Waals surface area contributed by atoms with Crippen LogP contribution in [0.2, 0.25) is 0 Å². The molecule has 4 N–H and O–H groups in total. The second kappa shape index (κ2) is 20.4. The number of nitrogens with zero attached hydrogens (tertiary/aromatic N) is 3. The summed E-state index contributed by atoms with van der Waals surface area (Å²) in [6, 6.07) is 34.2. The highest BCUT2D eigenvalue weighted by Crippen LogP contribution is 2.19. The molecule has 0 aliphatic rings. The number of carboxylic acid groups (broad SMARTS) is 1. The Morgan fingerprint density at radius 1 is 0.673 bits per heavy atom. The summed E-state index contributed by atoms with van der Waals surface area (Å²) >= 11 is 0. The SMILES string of the molecule is CS(=O)(=O)CCCN(C(=O)/C=C/c1n[nH]c2ccccc12)c1ccccc1.CS(=O)(=O)CCCNc1ccccc1.O=C(O)/C=C/c1n[nH]c2ccccc12. The topological polar surface area (TPSA) is 195 Å². The van der Waals surface area contributed by atoms with Crippen LogP contribution < -0.4 is 10.2 Å². The van der Waals surface area contributed by atoms with Gasteiger partial charge in [0.25, 0.3) is 5.91 Å². The summed E-state index contributed by atoms with van der Waals surface area (Å²) in [4.78, 5) is 24.7. The van der Waals surface area contributed by atoms with E-state index in [1.807, 2.05) is 109 Å². The lowest BCUT2D eigenvalue weighted by Gasteiger charge is -2.21. The van der Waals surface area contributed by atoms with E-state index in [0.717, 1.165) is 39.3 Å². The average molecular weight is 785 g/mol. The van der Waals surface area contributed by atoms with Crippen LogP contribution in [0.1, 0.15) is 24.2 Å². The third-order valence-corrected chi connectivity index (χ3v) is 9.85. The third-order valence-electron chi connectivity index (χ3n) is 7.79. The molecule has 0 aliphatic heterocycles. The molecular formula is C40H44N6O7S2. The molecule has 6 aromatic rings. The van der Waals surface area contributed by atoms with Crippen LogP contribution in [0.3, 0.4) is 0 Å². The van der Waals surface area contributed by atoms with E-state index in [9.17, 15) is 26.4 Å². The van der Waals surface area contributed by atoms with E-state index in [2.05, 4.69) is 25.7 Å². The van der Waals surface area contributed by atoms with Gasteiger partial charge >= 0.3 is 5.97 Å². The molecule has 4 aromatic carbocycles. The van der Waals surface area contributed by atoms with Crippen molar-refractivity contribution in [3.63, 3.8) is 0 Å². The number of carbonyl (C=O) groups excluding carboxylic acids is 1. The molecule has 55 heavy (non-hydrogen) atoms. The van der Waals surface area contributed by atoms with Crippen LogP contribution in [-0.4, -0.2) is 91.3 Å². The molecule has 2 heterocycles. The molecule has 0 atom stereocenters. The highest BCUT2D eigenvalue weighted by molar-refractivity contribution is 7.90. The standard InChI is InChI=1S/C20H21N3O3S.C10H8N2O2.C10H15NO2S/c1-27(25,26)15-7-14-23(16-8-3-2-4-9-16)20(24)13-12-19-17-10-5-6-11-18(17)21-22-19;13-10(14)6-5-9-7-3-1-2-4-8(7)11-12-9;1-14(12,13)9-5-8-11-10-6-3-2-4-7-10/h2-6,8-13H,7,14-15H2,1H3,(H,21,22);1-6H,(H,11,12)(H,13,14);2-4,6-7,11H,5,8-9H2,1H3/b13-12+;6-5+;. The summed E-state index contributed by atoms with van der Waals surface area (Å²) < 4.78 is 44.4. The predicted molar refractivity (Wildman–Crippen MR) is 220 cm³/mol.